The average Bonchev–Trinajstić information content (AvgIpc) is 3.23. The molecule has 0 aliphatic carbocycles. The number of hydrogen-bond acceptors (Lipinski definition) is 7. The molecule has 9 heteroatoms. The van der Waals surface area contributed by atoms with Gasteiger partial charge in [0.15, 0.2) is 11.0 Å². The van der Waals surface area contributed by atoms with Crippen LogP contribution in [0, 0.1) is 6.92 Å². The van der Waals surface area contributed by atoms with E-state index in [4.69, 9.17) is 4.74 Å². The lowest BCUT2D eigenvalue weighted by Gasteiger charge is -2.10. The molecule has 0 radical (unpaired) electrons. The molecule has 156 valence electrons. The van der Waals surface area contributed by atoms with Crippen molar-refractivity contribution < 1.29 is 9.53 Å². The van der Waals surface area contributed by atoms with Gasteiger partial charge in [0.25, 0.3) is 0 Å². The van der Waals surface area contributed by atoms with Gasteiger partial charge in [0.1, 0.15) is 11.4 Å². The predicted octanol–water partition coefficient (Wildman–Crippen LogP) is 3.77. The van der Waals surface area contributed by atoms with Gasteiger partial charge in [-0.2, -0.15) is 0 Å². The Hall–Kier alpha value is -3.72. The van der Waals surface area contributed by atoms with Crippen molar-refractivity contribution in [2.24, 2.45) is 0 Å². The van der Waals surface area contributed by atoms with Gasteiger partial charge in [0.05, 0.1) is 19.1 Å². The number of carbonyl (C=O) groups excluding carboxylic acids is 1. The molecule has 31 heavy (non-hydrogen) atoms. The molecule has 2 heterocycles. The van der Waals surface area contributed by atoms with Crippen molar-refractivity contribution in [2.75, 3.05) is 18.2 Å². The number of anilines is 1. The highest BCUT2D eigenvalue weighted by Gasteiger charge is 2.18. The van der Waals surface area contributed by atoms with Crippen LogP contribution in [0.15, 0.2) is 72.3 Å². The van der Waals surface area contributed by atoms with E-state index in [0.29, 0.717) is 22.4 Å². The number of aryl methyl sites for hydroxylation is 1. The molecule has 0 saturated carbocycles. The fourth-order valence-electron chi connectivity index (χ4n) is 2.87. The van der Waals surface area contributed by atoms with E-state index in [9.17, 15) is 4.79 Å². The summed E-state index contributed by atoms with van der Waals surface area (Å²) in [5.74, 6) is 1.33. The fraction of sp³-hybridized carbons (Fsp3) is 0.136. The highest BCUT2D eigenvalue weighted by atomic mass is 32.2. The van der Waals surface area contributed by atoms with E-state index < -0.39 is 0 Å². The maximum Gasteiger partial charge on any atom is 0.234 e. The van der Waals surface area contributed by atoms with Crippen LogP contribution in [0.1, 0.15) is 5.56 Å². The van der Waals surface area contributed by atoms with Crippen LogP contribution >= 0.6 is 11.8 Å². The second-order valence-corrected chi connectivity index (χ2v) is 7.58. The number of amides is 1. The zero-order chi connectivity index (χ0) is 21.6. The minimum atomic E-state index is -0.144. The van der Waals surface area contributed by atoms with Gasteiger partial charge in [0.2, 0.25) is 5.91 Å². The third kappa shape index (κ3) is 4.89. The van der Waals surface area contributed by atoms with Crippen LogP contribution < -0.4 is 10.1 Å². The largest absolute Gasteiger partial charge is 0.497 e. The smallest absolute Gasteiger partial charge is 0.234 e. The van der Waals surface area contributed by atoms with Gasteiger partial charge < -0.3 is 10.1 Å². The van der Waals surface area contributed by atoms with Crippen LogP contribution in [0.5, 0.6) is 5.75 Å². The maximum absolute atomic E-state index is 12.5. The quantitative estimate of drug-likeness (QED) is 0.444. The molecule has 4 rings (SSSR count). The predicted molar refractivity (Wildman–Crippen MR) is 119 cm³/mol. The SMILES string of the molecule is COc1ccc(NC(=O)CSc2nnc(-c3cnccn3)n2-c2ccc(C)cc2)cc1. The van der Waals surface area contributed by atoms with Crippen LogP contribution in [-0.4, -0.2) is 43.5 Å². The molecule has 1 amide bonds. The number of rotatable bonds is 7. The highest BCUT2D eigenvalue weighted by molar-refractivity contribution is 7.99. The van der Waals surface area contributed by atoms with Crippen LogP contribution in [0.2, 0.25) is 0 Å². The molecule has 0 atom stereocenters. The van der Waals surface area contributed by atoms with Gasteiger partial charge >= 0.3 is 0 Å². The van der Waals surface area contributed by atoms with E-state index in [0.717, 1.165) is 17.0 Å². The first kappa shape index (κ1) is 20.5. The van der Waals surface area contributed by atoms with Gasteiger partial charge in [-0.05, 0) is 43.3 Å². The maximum atomic E-state index is 12.5. The average molecular weight is 433 g/mol. The van der Waals surface area contributed by atoms with E-state index in [2.05, 4.69) is 25.5 Å². The Labute approximate surface area is 183 Å². The minimum Gasteiger partial charge on any atom is -0.497 e. The summed E-state index contributed by atoms with van der Waals surface area (Å²) < 4.78 is 7.02. The standard InChI is InChI=1S/C22H20N6O2S/c1-15-3-7-17(8-4-15)28-21(19-13-23-11-12-24-19)26-27-22(28)31-14-20(29)25-16-5-9-18(30-2)10-6-16/h3-13H,14H2,1-2H3,(H,25,29). The molecule has 0 aliphatic heterocycles. The van der Waals surface area contributed by atoms with Gasteiger partial charge in [0, 0.05) is 23.8 Å². The lowest BCUT2D eigenvalue weighted by Crippen LogP contribution is -2.14. The zero-order valence-corrected chi connectivity index (χ0v) is 17.8. The highest BCUT2D eigenvalue weighted by Crippen LogP contribution is 2.27. The summed E-state index contributed by atoms with van der Waals surface area (Å²) in [5.41, 5.74) is 3.33. The first-order valence-electron chi connectivity index (χ1n) is 9.49. The van der Waals surface area contributed by atoms with Crippen LogP contribution in [0.3, 0.4) is 0 Å². The van der Waals surface area contributed by atoms with Crippen molar-refractivity contribution in [1.29, 1.82) is 0 Å². The first-order valence-corrected chi connectivity index (χ1v) is 10.5. The number of ether oxygens (including phenoxy) is 1. The lowest BCUT2D eigenvalue weighted by atomic mass is 10.2. The van der Waals surface area contributed by atoms with Gasteiger partial charge in [-0.1, -0.05) is 29.5 Å². The summed E-state index contributed by atoms with van der Waals surface area (Å²) >= 11 is 1.30. The second-order valence-electron chi connectivity index (χ2n) is 6.63. The summed E-state index contributed by atoms with van der Waals surface area (Å²) in [6, 6.07) is 15.2. The molecular formula is C22H20N6O2S. The number of aromatic nitrogens is 5. The van der Waals surface area contributed by atoms with Gasteiger partial charge in [-0.25, -0.2) is 4.98 Å². The second kappa shape index (κ2) is 9.40. The molecule has 4 aromatic rings. The van der Waals surface area contributed by atoms with Gasteiger partial charge in [-0.15, -0.1) is 10.2 Å². The summed E-state index contributed by atoms with van der Waals surface area (Å²) in [6.07, 6.45) is 4.85. The zero-order valence-electron chi connectivity index (χ0n) is 17.0. The van der Waals surface area contributed by atoms with Crippen molar-refractivity contribution in [3.05, 3.63) is 72.7 Å². The van der Waals surface area contributed by atoms with Crippen LogP contribution in [0.25, 0.3) is 17.2 Å². The summed E-state index contributed by atoms with van der Waals surface area (Å²) in [7, 11) is 1.60. The molecule has 2 aromatic carbocycles. The monoisotopic (exact) mass is 432 g/mol. The van der Waals surface area contributed by atoms with Crippen molar-refractivity contribution in [3.63, 3.8) is 0 Å². The molecule has 0 saturated heterocycles. The fourth-order valence-corrected chi connectivity index (χ4v) is 3.62. The number of methoxy groups -OCH3 is 1. The number of thioether (sulfide) groups is 1. The number of nitrogens with one attached hydrogen (secondary N) is 1. The number of carbonyl (C=O) groups is 1. The molecule has 2 aromatic heterocycles. The summed E-state index contributed by atoms with van der Waals surface area (Å²) in [6.45, 7) is 2.03. The molecule has 1 N–H and O–H groups in total. The Morgan fingerprint density at radius 3 is 2.52 bits per heavy atom. The molecule has 0 unspecified atom stereocenters. The third-order valence-corrected chi connectivity index (χ3v) is 5.35. The van der Waals surface area contributed by atoms with E-state index in [-0.39, 0.29) is 11.7 Å². The molecule has 0 fully saturated rings. The first-order chi connectivity index (χ1) is 15.1. The summed E-state index contributed by atoms with van der Waals surface area (Å²) in [5, 5.41) is 12.1. The number of benzene rings is 2. The molecule has 8 nitrogen and oxygen atoms in total. The molecule has 0 bridgehead atoms. The van der Waals surface area contributed by atoms with Crippen LogP contribution in [0.4, 0.5) is 5.69 Å². The molecule has 0 aliphatic rings. The number of hydrogen-bond donors (Lipinski definition) is 1. The van der Waals surface area contributed by atoms with Crippen molar-refractivity contribution in [2.45, 2.75) is 12.1 Å². The minimum absolute atomic E-state index is 0.144. The van der Waals surface area contributed by atoms with Crippen molar-refractivity contribution in [3.8, 4) is 23.0 Å². The van der Waals surface area contributed by atoms with Crippen molar-refractivity contribution in [1.82, 2.24) is 24.7 Å². The van der Waals surface area contributed by atoms with Gasteiger partial charge in [-0.3, -0.25) is 14.3 Å². The Morgan fingerprint density at radius 1 is 1.06 bits per heavy atom. The lowest BCUT2D eigenvalue weighted by molar-refractivity contribution is -0.113. The Balaban J connectivity index is 1.55. The van der Waals surface area contributed by atoms with Crippen LogP contribution in [-0.2, 0) is 4.79 Å². The Kier molecular flexibility index (Phi) is 6.23. The normalized spacial score (nSPS) is 10.6. The third-order valence-electron chi connectivity index (χ3n) is 4.42. The van der Waals surface area contributed by atoms with Crippen molar-refractivity contribution >= 4 is 23.4 Å². The van der Waals surface area contributed by atoms with E-state index in [1.807, 2.05) is 35.8 Å². The van der Waals surface area contributed by atoms with E-state index in [1.54, 1.807) is 50.0 Å². The molecule has 0 spiro atoms. The molecular weight excluding hydrogens is 412 g/mol. The summed E-state index contributed by atoms with van der Waals surface area (Å²) in [4.78, 5) is 20.9. The van der Waals surface area contributed by atoms with E-state index in [1.165, 1.54) is 11.8 Å². The topological polar surface area (TPSA) is 94.8 Å². The van der Waals surface area contributed by atoms with E-state index >= 15 is 0 Å². The Morgan fingerprint density at radius 2 is 1.84 bits per heavy atom. The number of nitrogens with zero attached hydrogens (tertiary/aromatic N) is 5. The Bertz CT molecular complexity index is 1160.